The molecule has 7 heteroatoms. The van der Waals surface area contributed by atoms with E-state index >= 15 is 0 Å². The van der Waals surface area contributed by atoms with Gasteiger partial charge in [-0.3, -0.25) is 0 Å². The second-order valence-corrected chi connectivity index (χ2v) is 8.04. The highest BCUT2D eigenvalue weighted by Crippen LogP contribution is 2.35. The van der Waals surface area contributed by atoms with Crippen LogP contribution in [0.3, 0.4) is 0 Å². The molecular weight excluding hydrogens is 402 g/mol. The Labute approximate surface area is 189 Å². The number of aromatic nitrogens is 2. The van der Waals surface area contributed by atoms with E-state index in [1.807, 2.05) is 40.9 Å². The van der Waals surface area contributed by atoms with Gasteiger partial charge in [-0.1, -0.05) is 18.2 Å². The molecular formula is C25H33N5O2. The van der Waals surface area contributed by atoms with Crippen LogP contribution in [-0.2, 0) is 13.0 Å². The Morgan fingerprint density at radius 2 is 2.03 bits per heavy atom. The highest BCUT2D eigenvalue weighted by atomic mass is 16.5. The number of hydrogen-bond donors (Lipinski definition) is 2. The lowest BCUT2D eigenvalue weighted by Gasteiger charge is -2.19. The van der Waals surface area contributed by atoms with Crippen molar-refractivity contribution in [3.63, 3.8) is 0 Å². The number of fused-ring (bicyclic) bond motifs is 1. The van der Waals surface area contributed by atoms with E-state index in [4.69, 9.17) is 14.5 Å². The number of ether oxygens (including phenoxy) is 2. The number of nitrogens with one attached hydrogen (secondary N) is 2. The number of aliphatic imine (C=N–C) groups is 1. The summed E-state index contributed by atoms with van der Waals surface area (Å²) in [5.41, 5.74) is 3.06. The number of guanidine groups is 1. The molecule has 0 radical (unpaired) electrons. The lowest BCUT2D eigenvalue weighted by Crippen LogP contribution is -2.38. The maximum atomic E-state index is 6.34. The molecule has 32 heavy (non-hydrogen) atoms. The summed E-state index contributed by atoms with van der Waals surface area (Å²) in [4.78, 5) is 9.46. The third kappa shape index (κ3) is 5.52. The van der Waals surface area contributed by atoms with Crippen molar-refractivity contribution in [2.75, 3.05) is 20.2 Å². The molecule has 0 unspecified atom stereocenters. The summed E-state index contributed by atoms with van der Waals surface area (Å²) in [6.07, 6.45) is 9.85. The molecule has 0 bridgehead atoms. The largest absolute Gasteiger partial charge is 0.493 e. The Morgan fingerprint density at radius 3 is 2.81 bits per heavy atom. The Kier molecular flexibility index (Phi) is 7.48. The van der Waals surface area contributed by atoms with Gasteiger partial charge >= 0.3 is 0 Å². The topological polar surface area (TPSA) is 72.2 Å². The summed E-state index contributed by atoms with van der Waals surface area (Å²) in [6, 6.07) is 12.0. The molecule has 1 saturated carbocycles. The lowest BCUT2D eigenvalue weighted by molar-refractivity contribution is 0.198. The van der Waals surface area contributed by atoms with Crippen LogP contribution in [-0.4, -0.2) is 41.6 Å². The number of rotatable bonds is 9. The van der Waals surface area contributed by atoms with Crippen molar-refractivity contribution in [3.05, 3.63) is 60.0 Å². The second-order valence-electron chi connectivity index (χ2n) is 8.04. The van der Waals surface area contributed by atoms with E-state index < -0.39 is 0 Å². The van der Waals surface area contributed by atoms with Crippen molar-refractivity contribution in [2.24, 2.45) is 4.99 Å². The molecule has 2 aromatic heterocycles. The quantitative estimate of drug-likeness (QED) is 0.393. The fourth-order valence-corrected chi connectivity index (χ4v) is 4.08. The summed E-state index contributed by atoms with van der Waals surface area (Å²) in [5.74, 6) is 2.38. The SMILES string of the molecule is CCNC(=NCc1cccc(OC)c1OC1CCCC1)NCCc1cn2ccccc2n1. The predicted octanol–water partition coefficient (Wildman–Crippen LogP) is 3.96. The van der Waals surface area contributed by atoms with Crippen molar-refractivity contribution >= 4 is 11.6 Å². The number of nitrogens with zero attached hydrogens (tertiary/aromatic N) is 3. The first-order valence-electron chi connectivity index (χ1n) is 11.5. The number of imidazole rings is 1. The molecule has 3 aromatic rings. The van der Waals surface area contributed by atoms with Gasteiger partial charge in [0.25, 0.3) is 0 Å². The van der Waals surface area contributed by atoms with Crippen LogP contribution in [0.2, 0.25) is 0 Å². The number of para-hydroxylation sites is 1. The summed E-state index contributed by atoms with van der Waals surface area (Å²) >= 11 is 0. The van der Waals surface area contributed by atoms with E-state index in [-0.39, 0.29) is 6.10 Å². The Morgan fingerprint density at radius 1 is 1.16 bits per heavy atom. The Bertz CT molecular complexity index is 1010. The molecule has 0 saturated heterocycles. The van der Waals surface area contributed by atoms with Crippen LogP contribution in [0.4, 0.5) is 0 Å². The minimum absolute atomic E-state index is 0.269. The van der Waals surface area contributed by atoms with Gasteiger partial charge in [0.2, 0.25) is 0 Å². The molecule has 2 heterocycles. The molecule has 1 aliphatic rings. The van der Waals surface area contributed by atoms with Gasteiger partial charge in [0, 0.05) is 37.5 Å². The Balaban J connectivity index is 1.41. The molecule has 2 N–H and O–H groups in total. The summed E-state index contributed by atoms with van der Waals surface area (Å²) < 4.78 is 14.0. The third-order valence-electron chi connectivity index (χ3n) is 5.71. The van der Waals surface area contributed by atoms with Crippen molar-refractivity contribution < 1.29 is 9.47 Å². The average molecular weight is 436 g/mol. The van der Waals surface area contributed by atoms with Crippen LogP contribution < -0.4 is 20.1 Å². The van der Waals surface area contributed by atoms with Gasteiger partial charge in [0.1, 0.15) is 5.65 Å². The van der Waals surface area contributed by atoms with Crippen molar-refractivity contribution in [2.45, 2.75) is 51.7 Å². The highest BCUT2D eigenvalue weighted by Gasteiger charge is 2.20. The van der Waals surface area contributed by atoms with Crippen LogP contribution in [0.25, 0.3) is 5.65 Å². The van der Waals surface area contributed by atoms with E-state index in [1.165, 1.54) is 12.8 Å². The van der Waals surface area contributed by atoms with E-state index in [2.05, 4.69) is 34.8 Å². The number of hydrogen-bond acceptors (Lipinski definition) is 4. The molecule has 0 atom stereocenters. The van der Waals surface area contributed by atoms with Gasteiger partial charge in [-0.15, -0.1) is 0 Å². The van der Waals surface area contributed by atoms with Crippen LogP contribution in [0.15, 0.2) is 53.8 Å². The van der Waals surface area contributed by atoms with Gasteiger partial charge in [-0.2, -0.15) is 0 Å². The van der Waals surface area contributed by atoms with Gasteiger partial charge in [-0.05, 0) is 50.8 Å². The molecule has 0 amide bonds. The first-order chi connectivity index (χ1) is 15.8. The van der Waals surface area contributed by atoms with E-state index in [9.17, 15) is 0 Å². The molecule has 1 aromatic carbocycles. The Hall–Kier alpha value is -3.22. The van der Waals surface area contributed by atoms with Gasteiger partial charge in [0.15, 0.2) is 17.5 Å². The van der Waals surface area contributed by atoms with Crippen molar-refractivity contribution in [1.29, 1.82) is 0 Å². The van der Waals surface area contributed by atoms with Crippen molar-refractivity contribution in [1.82, 2.24) is 20.0 Å². The highest BCUT2D eigenvalue weighted by molar-refractivity contribution is 5.79. The molecule has 1 aliphatic carbocycles. The standard InChI is InChI=1S/C25H33N5O2/c1-3-26-25(27-15-14-20-18-30-16-7-6-13-23(30)29-20)28-17-19-9-8-12-22(31-2)24(19)32-21-10-4-5-11-21/h6-9,12-13,16,18,21H,3-5,10-11,14-15,17H2,1-2H3,(H2,26,27,28). The van der Waals surface area contributed by atoms with E-state index in [1.54, 1.807) is 7.11 Å². The lowest BCUT2D eigenvalue weighted by atomic mass is 10.1. The fourth-order valence-electron chi connectivity index (χ4n) is 4.08. The monoisotopic (exact) mass is 435 g/mol. The molecule has 4 rings (SSSR count). The zero-order valence-electron chi connectivity index (χ0n) is 19.0. The van der Waals surface area contributed by atoms with E-state index in [0.29, 0.717) is 6.54 Å². The smallest absolute Gasteiger partial charge is 0.191 e. The van der Waals surface area contributed by atoms with Crippen LogP contribution in [0.5, 0.6) is 11.5 Å². The average Bonchev–Trinajstić information content (AvgIpc) is 3.47. The minimum Gasteiger partial charge on any atom is -0.493 e. The predicted molar refractivity (Wildman–Crippen MR) is 128 cm³/mol. The summed E-state index contributed by atoms with van der Waals surface area (Å²) in [6.45, 7) is 4.13. The summed E-state index contributed by atoms with van der Waals surface area (Å²) in [5, 5.41) is 6.75. The van der Waals surface area contributed by atoms with Crippen LogP contribution in [0.1, 0.15) is 43.9 Å². The molecule has 1 fully saturated rings. The fraction of sp³-hybridized carbons (Fsp3) is 0.440. The summed E-state index contributed by atoms with van der Waals surface area (Å²) in [7, 11) is 1.69. The third-order valence-corrected chi connectivity index (χ3v) is 5.71. The molecule has 0 aliphatic heterocycles. The van der Waals surface area contributed by atoms with Gasteiger partial charge in [-0.25, -0.2) is 9.98 Å². The van der Waals surface area contributed by atoms with Crippen LogP contribution >= 0.6 is 0 Å². The molecule has 0 spiro atoms. The maximum Gasteiger partial charge on any atom is 0.191 e. The van der Waals surface area contributed by atoms with Gasteiger partial charge in [0.05, 0.1) is 25.5 Å². The number of methoxy groups -OCH3 is 1. The molecule has 170 valence electrons. The maximum absolute atomic E-state index is 6.34. The van der Waals surface area contributed by atoms with E-state index in [0.717, 1.165) is 66.7 Å². The minimum atomic E-state index is 0.269. The number of pyridine rings is 1. The van der Waals surface area contributed by atoms with Crippen LogP contribution in [0, 0.1) is 0 Å². The number of benzene rings is 1. The molecule has 7 nitrogen and oxygen atoms in total. The normalized spacial score (nSPS) is 14.6. The zero-order valence-corrected chi connectivity index (χ0v) is 19.0. The first-order valence-corrected chi connectivity index (χ1v) is 11.5. The van der Waals surface area contributed by atoms with Gasteiger partial charge < -0.3 is 24.5 Å². The zero-order chi connectivity index (χ0) is 22.2. The second kappa shape index (κ2) is 10.9. The first kappa shape index (κ1) is 22.0. The van der Waals surface area contributed by atoms with Crippen molar-refractivity contribution in [3.8, 4) is 11.5 Å².